The van der Waals surface area contributed by atoms with E-state index in [2.05, 4.69) is 34.3 Å². The first-order valence-corrected chi connectivity index (χ1v) is 6.83. The first kappa shape index (κ1) is 12.1. The molecule has 1 aromatic carbocycles. The monoisotopic (exact) mass is 257 g/mol. The number of hydrogen-bond donors (Lipinski definition) is 0. The zero-order chi connectivity index (χ0) is 13.2. The van der Waals surface area contributed by atoms with Crippen molar-refractivity contribution in [2.45, 2.75) is 20.3 Å². The third kappa shape index (κ3) is 2.45. The fourth-order valence-electron chi connectivity index (χ4n) is 2.94. The molecule has 100 valence electrons. The van der Waals surface area contributed by atoms with E-state index < -0.39 is 0 Å². The molecule has 1 aliphatic rings. The molecule has 1 saturated heterocycles. The predicted octanol–water partition coefficient (Wildman–Crippen LogP) is 2.14. The van der Waals surface area contributed by atoms with Crippen LogP contribution in [0.3, 0.4) is 0 Å². The van der Waals surface area contributed by atoms with Crippen molar-refractivity contribution in [2.75, 3.05) is 18.0 Å². The zero-order valence-corrected chi connectivity index (χ0v) is 11.4. The van der Waals surface area contributed by atoms with Crippen molar-refractivity contribution in [1.82, 2.24) is 20.2 Å². The number of rotatable bonds is 2. The van der Waals surface area contributed by atoms with Gasteiger partial charge in [-0.25, -0.2) is 0 Å². The molecule has 2 aromatic rings. The molecule has 3 rings (SSSR count). The van der Waals surface area contributed by atoms with E-state index in [9.17, 15) is 0 Å². The number of aromatic nitrogens is 4. The standard InChI is InChI=1S/C14H19N5/c1-11-8-12(2)10-18(9-11)14-15-16-17-19(14)13-6-4-3-5-7-13/h3-7,11-12H,8-10H2,1-2H3/t11-,12+. The summed E-state index contributed by atoms with van der Waals surface area (Å²) in [6, 6.07) is 10.1. The Morgan fingerprint density at radius 1 is 1.05 bits per heavy atom. The molecular formula is C14H19N5. The van der Waals surface area contributed by atoms with Gasteiger partial charge in [-0.05, 0) is 40.8 Å². The first-order chi connectivity index (χ1) is 9.24. The molecule has 0 spiro atoms. The Morgan fingerprint density at radius 3 is 2.42 bits per heavy atom. The van der Waals surface area contributed by atoms with Crippen LogP contribution in [-0.2, 0) is 0 Å². The van der Waals surface area contributed by atoms with Gasteiger partial charge in [0, 0.05) is 13.1 Å². The SMILES string of the molecule is C[C@@H]1C[C@H](C)CN(c2nnnn2-c2ccccc2)C1. The van der Waals surface area contributed by atoms with E-state index in [1.807, 2.05) is 35.0 Å². The van der Waals surface area contributed by atoms with Crippen LogP contribution in [0.25, 0.3) is 5.69 Å². The van der Waals surface area contributed by atoms with Gasteiger partial charge in [0.15, 0.2) is 0 Å². The molecule has 1 aromatic heterocycles. The lowest BCUT2D eigenvalue weighted by molar-refractivity contribution is 0.352. The summed E-state index contributed by atoms with van der Waals surface area (Å²) in [7, 11) is 0. The van der Waals surface area contributed by atoms with Gasteiger partial charge in [-0.2, -0.15) is 4.68 Å². The Morgan fingerprint density at radius 2 is 1.74 bits per heavy atom. The summed E-state index contributed by atoms with van der Waals surface area (Å²) in [5.74, 6) is 2.22. The highest BCUT2D eigenvalue weighted by Crippen LogP contribution is 2.25. The van der Waals surface area contributed by atoms with Gasteiger partial charge in [0.05, 0.1) is 5.69 Å². The van der Waals surface area contributed by atoms with Gasteiger partial charge < -0.3 is 4.90 Å². The van der Waals surface area contributed by atoms with Gasteiger partial charge in [-0.1, -0.05) is 37.1 Å². The van der Waals surface area contributed by atoms with Crippen molar-refractivity contribution in [2.24, 2.45) is 11.8 Å². The summed E-state index contributed by atoms with van der Waals surface area (Å²) in [6.07, 6.45) is 1.28. The number of anilines is 1. The number of piperidine rings is 1. The molecule has 2 atom stereocenters. The second-order valence-electron chi connectivity index (χ2n) is 5.58. The largest absolute Gasteiger partial charge is 0.339 e. The van der Waals surface area contributed by atoms with E-state index in [1.54, 1.807) is 0 Å². The number of hydrogen-bond acceptors (Lipinski definition) is 4. The maximum atomic E-state index is 4.21. The van der Waals surface area contributed by atoms with Gasteiger partial charge >= 0.3 is 0 Å². The van der Waals surface area contributed by atoms with Crippen LogP contribution in [0.5, 0.6) is 0 Å². The molecule has 0 saturated carbocycles. The minimum absolute atomic E-state index is 0.685. The molecule has 0 unspecified atom stereocenters. The Hall–Kier alpha value is -1.91. The molecule has 0 radical (unpaired) electrons. The number of benzene rings is 1. The summed E-state index contributed by atoms with van der Waals surface area (Å²) in [6.45, 7) is 6.63. The van der Waals surface area contributed by atoms with Gasteiger partial charge in [-0.15, -0.1) is 0 Å². The lowest BCUT2D eigenvalue weighted by Gasteiger charge is -2.35. The molecule has 5 nitrogen and oxygen atoms in total. The summed E-state index contributed by atoms with van der Waals surface area (Å²) in [4.78, 5) is 2.30. The lowest BCUT2D eigenvalue weighted by Crippen LogP contribution is -2.40. The van der Waals surface area contributed by atoms with E-state index in [4.69, 9.17) is 0 Å². The summed E-state index contributed by atoms with van der Waals surface area (Å²) in [5.41, 5.74) is 1.01. The summed E-state index contributed by atoms with van der Waals surface area (Å²) >= 11 is 0. The Balaban J connectivity index is 1.92. The third-order valence-electron chi connectivity index (χ3n) is 3.61. The number of nitrogens with zero attached hydrogens (tertiary/aromatic N) is 5. The molecule has 0 amide bonds. The smallest absolute Gasteiger partial charge is 0.250 e. The van der Waals surface area contributed by atoms with Crippen molar-refractivity contribution in [1.29, 1.82) is 0 Å². The Kier molecular flexibility index (Phi) is 3.19. The van der Waals surface area contributed by atoms with Crippen molar-refractivity contribution < 1.29 is 0 Å². The zero-order valence-electron chi connectivity index (χ0n) is 11.4. The highest BCUT2D eigenvalue weighted by atomic mass is 15.6. The molecule has 2 heterocycles. The molecule has 1 aliphatic heterocycles. The highest BCUT2D eigenvalue weighted by Gasteiger charge is 2.25. The topological polar surface area (TPSA) is 46.8 Å². The van der Waals surface area contributed by atoms with Gasteiger partial charge in [0.2, 0.25) is 5.95 Å². The molecule has 19 heavy (non-hydrogen) atoms. The maximum absolute atomic E-state index is 4.21. The minimum atomic E-state index is 0.685. The summed E-state index contributed by atoms with van der Waals surface area (Å²) < 4.78 is 1.82. The van der Waals surface area contributed by atoms with Crippen LogP contribution in [0, 0.1) is 11.8 Å². The molecule has 0 bridgehead atoms. The fourth-order valence-corrected chi connectivity index (χ4v) is 2.94. The van der Waals surface area contributed by atoms with Crippen LogP contribution in [0.2, 0.25) is 0 Å². The van der Waals surface area contributed by atoms with Crippen LogP contribution in [0.1, 0.15) is 20.3 Å². The van der Waals surface area contributed by atoms with Crippen LogP contribution in [0.4, 0.5) is 5.95 Å². The van der Waals surface area contributed by atoms with Crippen LogP contribution < -0.4 is 4.90 Å². The van der Waals surface area contributed by atoms with E-state index in [-0.39, 0.29) is 0 Å². The van der Waals surface area contributed by atoms with Crippen molar-refractivity contribution >= 4 is 5.95 Å². The minimum Gasteiger partial charge on any atom is -0.339 e. The normalized spacial score (nSPS) is 23.6. The van der Waals surface area contributed by atoms with Gasteiger partial charge in [0.1, 0.15) is 0 Å². The average Bonchev–Trinajstić information content (AvgIpc) is 2.88. The number of tetrazole rings is 1. The van der Waals surface area contributed by atoms with E-state index in [0.29, 0.717) is 11.8 Å². The van der Waals surface area contributed by atoms with Gasteiger partial charge in [-0.3, -0.25) is 0 Å². The van der Waals surface area contributed by atoms with Crippen LogP contribution in [-0.4, -0.2) is 33.3 Å². The molecule has 0 N–H and O–H groups in total. The Bertz CT molecular complexity index is 526. The number of para-hydroxylation sites is 1. The first-order valence-electron chi connectivity index (χ1n) is 6.83. The van der Waals surface area contributed by atoms with Crippen molar-refractivity contribution in [3.63, 3.8) is 0 Å². The van der Waals surface area contributed by atoms with E-state index in [1.165, 1.54) is 6.42 Å². The van der Waals surface area contributed by atoms with Crippen molar-refractivity contribution in [3.8, 4) is 5.69 Å². The molecule has 1 fully saturated rings. The Labute approximate surface area is 113 Å². The second kappa shape index (κ2) is 4.99. The lowest BCUT2D eigenvalue weighted by atomic mass is 9.92. The highest BCUT2D eigenvalue weighted by molar-refractivity contribution is 5.40. The fraction of sp³-hybridized carbons (Fsp3) is 0.500. The van der Waals surface area contributed by atoms with Gasteiger partial charge in [0.25, 0.3) is 0 Å². The van der Waals surface area contributed by atoms with E-state index in [0.717, 1.165) is 24.7 Å². The summed E-state index contributed by atoms with van der Waals surface area (Å²) in [5, 5.41) is 12.2. The third-order valence-corrected chi connectivity index (χ3v) is 3.61. The predicted molar refractivity (Wildman–Crippen MR) is 74.3 cm³/mol. The van der Waals surface area contributed by atoms with Crippen molar-refractivity contribution in [3.05, 3.63) is 30.3 Å². The van der Waals surface area contributed by atoms with Crippen LogP contribution in [0.15, 0.2) is 30.3 Å². The second-order valence-corrected chi connectivity index (χ2v) is 5.58. The molecule has 0 aliphatic carbocycles. The average molecular weight is 257 g/mol. The molecule has 5 heteroatoms. The maximum Gasteiger partial charge on any atom is 0.250 e. The van der Waals surface area contributed by atoms with Crippen LogP contribution >= 0.6 is 0 Å². The molecular weight excluding hydrogens is 238 g/mol. The van der Waals surface area contributed by atoms with E-state index >= 15 is 0 Å². The quantitative estimate of drug-likeness (QED) is 0.827.